The summed E-state index contributed by atoms with van der Waals surface area (Å²) < 4.78 is 0. The highest BCUT2D eigenvalue weighted by atomic mass is 35.5. The van der Waals surface area contributed by atoms with Crippen LogP contribution in [-0.4, -0.2) is 34.8 Å². The van der Waals surface area contributed by atoms with Crippen molar-refractivity contribution < 1.29 is 9.59 Å². The second-order valence-electron chi connectivity index (χ2n) is 6.94. The van der Waals surface area contributed by atoms with Gasteiger partial charge in [-0.3, -0.25) is 9.59 Å². The fourth-order valence-corrected chi connectivity index (χ4v) is 3.02. The number of piperazine rings is 1. The van der Waals surface area contributed by atoms with Crippen molar-refractivity contribution in [3.05, 3.63) is 11.1 Å². The summed E-state index contributed by atoms with van der Waals surface area (Å²) in [6.45, 7) is 12.0. The van der Waals surface area contributed by atoms with Crippen molar-refractivity contribution >= 4 is 23.4 Å². The lowest BCUT2D eigenvalue weighted by atomic mass is 9.79. The van der Waals surface area contributed by atoms with Crippen LogP contribution in [0.15, 0.2) is 11.1 Å². The van der Waals surface area contributed by atoms with Gasteiger partial charge < -0.3 is 10.2 Å². The zero-order valence-electron chi connectivity index (χ0n) is 13.9. The third-order valence-corrected chi connectivity index (χ3v) is 4.60. The zero-order valence-corrected chi connectivity index (χ0v) is 14.7. The van der Waals surface area contributed by atoms with Gasteiger partial charge in [-0.1, -0.05) is 46.2 Å². The first-order chi connectivity index (χ1) is 9.62. The Morgan fingerprint density at radius 2 is 1.86 bits per heavy atom. The summed E-state index contributed by atoms with van der Waals surface area (Å²) in [6, 6.07) is -0.484. The number of amides is 2. The summed E-state index contributed by atoms with van der Waals surface area (Å²) >= 11 is 5.76. The van der Waals surface area contributed by atoms with Crippen LogP contribution in [0, 0.1) is 5.41 Å². The highest BCUT2D eigenvalue weighted by molar-refractivity contribution is 6.25. The predicted molar refractivity (Wildman–Crippen MR) is 86.0 cm³/mol. The van der Waals surface area contributed by atoms with Crippen LogP contribution in [-0.2, 0) is 9.59 Å². The van der Waals surface area contributed by atoms with Gasteiger partial charge in [0.05, 0.1) is 0 Å². The Morgan fingerprint density at radius 1 is 1.33 bits per heavy atom. The van der Waals surface area contributed by atoms with E-state index in [2.05, 4.69) is 5.32 Å². The molecule has 0 radical (unpaired) electrons. The van der Waals surface area contributed by atoms with Crippen LogP contribution in [0.2, 0.25) is 0 Å². The molecule has 1 N–H and O–H groups in total. The van der Waals surface area contributed by atoms with Gasteiger partial charge in [-0.15, -0.1) is 0 Å². The summed E-state index contributed by atoms with van der Waals surface area (Å²) in [5, 5.41) is 2.97. The van der Waals surface area contributed by atoms with Crippen molar-refractivity contribution in [3.8, 4) is 0 Å². The molecule has 2 amide bonds. The van der Waals surface area contributed by atoms with Crippen LogP contribution >= 0.6 is 11.6 Å². The van der Waals surface area contributed by atoms with E-state index in [1.165, 1.54) is 5.54 Å². The normalized spacial score (nSPS) is 23.3. The van der Waals surface area contributed by atoms with Crippen molar-refractivity contribution in [1.82, 2.24) is 10.2 Å². The Labute approximate surface area is 132 Å². The van der Waals surface area contributed by atoms with E-state index in [1.54, 1.807) is 4.90 Å². The van der Waals surface area contributed by atoms with Gasteiger partial charge in [0.1, 0.15) is 11.6 Å². The molecule has 21 heavy (non-hydrogen) atoms. The lowest BCUT2D eigenvalue weighted by molar-refractivity contribution is -0.159. The molecule has 1 rings (SSSR count). The molecule has 120 valence electrons. The molecule has 0 aromatic heterocycles. The first-order valence-electron chi connectivity index (χ1n) is 7.52. The van der Waals surface area contributed by atoms with E-state index in [4.69, 9.17) is 11.6 Å². The number of carbonyl (C=O) groups is 2. The average Bonchev–Trinajstić information content (AvgIpc) is 2.40. The van der Waals surface area contributed by atoms with Gasteiger partial charge in [0.2, 0.25) is 11.8 Å². The maximum absolute atomic E-state index is 13.0. The standard InChI is InChI=1S/C16H27ClN2O2/c1-7-16(8-2)14(21)19(10-11(3)9-17)12(13(20)18-16)15(4,5)6/h9,12H,7-8,10H2,1-6H3,(H,18,20). The molecule has 0 aromatic carbocycles. The van der Waals surface area contributed by atoms with Crippen molar-refractivity contribution in [1.29, 1.82) is 0 Å². The number of rotatable bonds is 4. The maximum Gasteiger partial charge on any atom is 0.249 e. The fourth-order valence-electron chi connectivity index (χ4n) is 2.95. The van der Waals surface area contributed by atoms with E-state index < -0.39 is 11.6 Å². The Morgan fingerprint density at radius 3 is 2.24 bits per heavy atom. The first-order valence-corrected chi connectivity index (χ1v) is 7.95. The third kappa shape index (κ3) is 3.42. The van der Waals surface area contributed by atoms with Crippen LogP contribution in [0.25, 0.3) is 0 Å². The van der Waals surface area contributed by atoms with Gasteiger partial charge >= 0.3 is 0 Å². The molecule has 0 bridgehead atoms. The number of nitrogens with zero attached hydrogens (tertiary/aromatic N) is 1. The minimum absolute atomic E-state index is 0.00936. The monoisotopic (exact) mass is 314 g/mol. The highest BCUT2D eigenvalue weighted by Crippen LogP contribution is 2.33. The summed E-state index contributed by atoms with van der Waals surface area (Å²) in [4.78, 5) is 27.3. The Bertz CT molecular complexity index is 448. The highest BCUT2D eigenvalue weighted by Gasteiger charge is 2.52. The van der Waals surface area contributed by atoms with Gasteiger partial charge in [0.25, 0.3) is 0 Å². The zero-order chi connectivity index (χ0) is 16.4. The molecule has 1 unspecified atom stereocenters. The van der Waals surface area contributed by atoms with Crippen LogP contribution < -0.4 is 5.32 Å². The first kappa shape index (κ1) is 18.0. The lowest BCUT2D eigenvalue weighted by Crippen LogP contribution is -2.72. The van der Waals surface area contributed by atoms with Gasteiger partial charge in [-0.2, -0.15) is 0 Å². The van der Waals surface area contributed by atoms with Crippen LogP contribution in [0.5, 0.6) is 0 Å². The van der Waals surface area contributed by atoms with Gasteiger partial charge in [0.15, 0.2) is 0 Å². The molecule has 1 aliphatic rings. The molecule has 1 atom stereocenters. The van der Waals surface area contributed by atoms with Gasteiger partial charge in [0, 0.05) is 12.1 Å². The molecule has 1 saturated heterocycles. The fraction of sp³-hybridized carbons (Fsp3) is 0.750. The quantitative estimate of drug-likeness (QED) is 0.867. The van der Waals surface area contributed by atoms with E-state index in [1.807, 2.05) is 41.5 Å². The van der Waals surface area contributed by atoms with Gasteiger partial charge in [-0.25, -0.2) is 0 Å². The van der Waals surface area contributed by atoms with Crippen LogP contribution in [0.1, 0.15) is 54.4 Å². The lowest BCUT2D eigenvalue weighted by Gasteiger charge is -2.49. The second kappa shape index (κ2) is 6.39. The van der Waals surface area contributed by atoms with Crippen molar-refractivity contribution in [2.75, 3.05) is 6.54 Å². The SMILES string of the molecule is CCC1(CC)NC(=O)C(C(C)(C)C)N(CC(C)=CCl)C1=O. The average molecular weight is 315 g/mol. The molecule has 0 spiro atoms. The molecule has 5 heteroatoms. The Hall–Kier alpha value is -1.03. The number of carbonyl (C=O) groups excluding carboxylic acids is 2. The minimum atomic E-state index is -0.786. The number of nitrogens with one attached hydrogen (secondary N) is 1. The third-order valence-electron chi connectivity index (χ3n) is 4.23. The van der Waals surface area contributed by atoms with Crippen LogP contribution in [0.4, 0.5) is 0 Å². The van der Waals surface area contributed by atoms with E-state index in [9.17, 15) is 9.59 Å². The minimum Gasteiger partial charge on any atom is -0.340 e. The summed E-state index contributed by atoms with van der Waals surface area (Å²) in [5.74, 6) is -0.0851. The molecule has 0 aromatic rings. The second-order valence-corrected chi connectivity index (χ2v) is 7.15. The van der Waals surface area contributed by atoms with E-state index in [0.29, 0.717) is 19.4 Å². The maximum atomic E-state index is 13.0. The summed E-state index contributed by atoms with van der Waals surface area (Å²) in [7, 11) is 0. The van der Waals surface area contributed by atoms with Gasteiger partial charge in [-0.05, 0) is 30.8 Å². The number of hydrogen-bond donors (Lipinski definition) is 1. The van der Waals surface area contributed by atoms with Crippen molar-refractivity contribution in [2.45, 2.75) is 66.0 Å². The smallest absolute Gasteiger partial charge is 0.249 e. The molecule has 0 saturated carbocycles. The van der Waals surface area contributed by atoms with E-state index in [0.717, 1.165) is 5.57 Å². The molecular weight excluding hydrogens is 288 g/mol. The molecular formula is C16H27ClN2O2. The van der Waals surface area contributed by atoms with Crippen LogP contribution in [0.3, 0.4) is 0 Å². The Kier molecular flexibility index (Phi) is 5.48. The molecule has 4 nitrogen and oxygen atoms in total. The molecule has 0 aliphatic carbocycles. The number of hydrogen-bond acceptors (Lipinski definition) is 2. The Balaban J connectivity index is 3.30. The largest absolute Gasteiger partial charge is 0.340 e. The molecule has 1 fully saturated rings. The van der Waals surface area contributed by atoms with E-state index >= 15 is 0 Å². The molecule has 1 aliphatic heterocycles. The van der Waals surface area contributed by atoms with Crippen molar-refractivity contribution in [2.24, 2.45) is 5.41 Å². The topological polar surface area (TPSA) is 49.4 Å². The number of halogens is 1. The predicted octanol–water partition coefficient (Wildman–Crippen LogP) is 3.06. The summed E-state index contributed by atoms with van der Waals surface area (Å²) in [6.07, 6.45) is 1.18. The van der Waals surface area contributed by atoms with Crippen molar-refractivity contribution in [3.63, 3.8) is 0 Å². The summed E-state index contributed by atoms with van der Waals surface area (Å²) in [5.41, 5.74) is 1.22. The molecule has 1 heterocycles. The van der Waals surface area contributed by atoms with E-state index in [-0.39, 0.29) is 17.2 Å².